The SMILES string of the molecule is Cc1cc2c(cc1-c1c(C)cccc1-c1ccc(-c3nc4ccccn4c3-c3ccccc3)cc1)C(C)(C)c1ccccc1-2. The molecule has 5 aromatic carbocycles. The highest BCUT2D eigenvalue weighted by molar-refractivity contribution is 5.92. The average molecular weight is 567 g/mol. The van der Waals surface area contributed by atoms with Crippen molar-refractivity contribution in [1.82, 2.24) is 9.38 Å². The van der Waals surface area contributed by atoms with Crippen LogP contribution in [0, 0.1) is 13.8 Å². The first-order chi connectivity index (χ1) is 21.4. The maximum atomic E-state index is 5.08. The van der Waals surface area contributed by atoms with Crippen molar-refractivity contribution in [3.05, 3.63) is 156 Å². The van der Waals surface area contributed by atoms with E-state index >= 15 is 0 Å². The highest BCUT2D eigenvalue weighted by Gasteiger charge is 2.36. The molecule has 2 heteroatoms. The van der Waals surface area contributed by atoms with Gasteiger partial charge in [0.25, 0.3) is 0 Å². The van der Waals surface area contributed by atoms with Crippen LogP contribution in [0.5, 0.6) is 0 Å². The number of pyridine rings is 1. The van der Waals surface area contributed by atoms with Gasteiger partial charge in [0.15, 0.2) is 0 Å². The van der Waals surface area contributed by atoms with Crippen LogP contribution < -0.4 is 0 Å². The Kier molecular flexibility index (Phi) is 5.96. The predicted molar refractivity (Wildman–Crippen MR) is 184 cm³/mol. The molecule has 7 aromatic rings. The molecule has 0 saturated heterocycles. The van der Waals surface area contributed by atoms with Gasteiger partial charge in [0.05, 0.1) is 11.4 Å². The minimum Gasteiger partial charge on any atom is -0.299 e. The van der Waals surface area contributed by atoms with E-state index in [1.807, 2.05) is 6.07 Å². The van der Waals surface area contributed by atoms with Gasteiger partial charge in [-0.25, -0.2) is 4.98 Å². The Morgan fingerprint density at radius 3 is 2.05 bits per heavy atom. The van der Waals surface area contributed by atoms with E-state index in [4.69, 9.17) is 4.98 Å². The Bertz CT molecular complexity index is 2200. The van der Waals surface area contributed by atoms with E-state index < -0.39 is 0 Å². The third-order valence-corrected chi connectivity index (χ3v) is 9.52. The van der Waals surface area contributed by atoms with Crippen LogP contribution in [0.25, 0.3) is 61.5 Å². The lowest BCUT2D eigenvalue weighted by Gasteiger charge is -2.23. The fourth-order valence-corrected chi connectivity index (χ4v) is 7.27. The van der Waals surface area contributed by atoms with Gasteiger partial charge in [-0.3, -0.25) is 4.40 Å². The van der Waals surface area contributed by atoms with E-state index in [1.165, 1.54) is 55.6 Å². The van der Waals surface area contributed by atoms with Crippen molar-refractivity contribution in [1.29, 1.82) is 0 Å². The first-order valence-corrected chi connectivity index (χ1v) is 15.4. The van der Waals surface area contributed by atoms with Gasteiger partial charge < -0.3 is 0 Å². The molecule has 0 saturated carbocycles. The van der Waals surface area contributed by atoms with Gasteiger partial charge >= 0.3 is 0 Å². The molecular formula is C42H34N2. The highest BCUT2D eigenvalue weighted by Crippen LogP contribution is 2.51. The van der Waals surface area contributed by atoms with Crippen LogP contribution >= 0.6 is 0 Å². The number of nitrogens with zero attached hydrogens (tertiary/aromatic N) is 2. The molecule has 0 unspecified atom stereocenters. The van der Waals surface area contributed by atoms with Gasteiger partial charge in [-0.2, -0.15) is 0 Å². The molecule has 44 heavy (non-hydrogen) atoms. The third kappa shape index (κ3) is 3.98. The Morgan fingerprint density at radius 1 is 0.523 bits per heavy atom. The summed E-state index contributed by atoms with van der Waals surface area (Å²) in [6.45, 7) is 9.22. The lowest BCUT2D eigenvalue weighted by molar-refractivity contribution is 0.660. The van der Waals surface area contributed by atoms with Crippen molar-refractivity contribution >= 4 is 5.65 Å². The van der Waals surface area contributed by atoms with Crippen LogP contribution in [0.3, 0.4) is 0 Å². The number of imidazole rings is 1. The molecule has 2 nitrogen and oxygen atoms in total. The lowest BCUT2D eigenvalue weighted by atomic mass is 9.80. The summed E-state index contributed by atoms with van der Waals surface area (Å²) in [6, 6.07) is 46.2. The van der Waals surface area contributed by atoms with Crippen LogP contribution in [0.1, 0.15) is 36.1 Å². The molecule has 0 atom stereocenters. The molecule has 8 rings (SSSR count). The quantitative estimate of drug-likeness (QED) is 0.207. The van der Waals surface area contributed by atoms with Crippen LogP contribution in [-0.4, -0.2) is 9.38 Å². The molecular weight excluding hydrogens is 532 g/mol. The Labute approximate surface area is 259 Å². The fraction of sp³-hybridized carbons (Fsp3) is 0.119. The summed E-state index contributed by atoms with van der Waals surface area (Å²) < 4.78 is 2.19. The molecule has 0 spiro atoms. The zero-order chi connectivity index (χ0) is 30.0. The van der Waals surface area contributed by atoms with Gasteiger partial charge in [-0.05, 0) is 87.7 Å². The predicted octanol–water partition coefficient (Wildman–Crippen LogP) is 10.9. The molecule has 2 heterocycles. The average Bonchev–Trinajstić information content (AvgIpc) is 3.54. The van der Waals surface area contributed by atoms with Crippen LogP contribution in [0.15, 0.2) is 134 Å². The Morgan fingerprint density at radius 2 is 1.23 bits per heavy atom. The first kappa shape index (κ1) is 26.4. The number of aromatic nitrogens is 2. The second-order valence-electron chi connectivity index (χ2n) is 12.6. The molecule has 0 radical (unpaired) electrons. The normalized spacial score (nSPS) is 13.2. The highest BCUT2D eigenvalue weighted by atomic mass is 15.0. The van der Waals surface area contributed by atoms with E-state index in [2.05, 4.69) is 160 Å². The van der Waals surface area contributed by atoms with E-state index in [1.54, 1.807) is 0 Å². The molecule has 1 aliphatic rings. The topological polar surface area (TPSA) is 17.3 Å². The fourth-order valence-electron chi connectivity index (χ4n) is 7.27. The molecule has 2 aromatic heterocycles. The van der Waals surface area contributed by atoms with Crippen molar-refractivity contribution in [2.75, 3.05) is 0 Å². The third-order valence-electron chi connectivity index (χ3n) is 9.52. The van der Waals surface area contributed by atoms with Gasteiger partial charge in [0.1, 0.15) is 5.65 Å². The molecule has 1 aliphatic carbocycles. The maximum absolute atomic E-state index is 5.08. The summed E-state index contributed by atoms with van der Waals surface area (Å²) in [7, 11) is 0. The van der Waals surface area contributed by atoms with Crippen molar-refractivity contribution in [2.24, 2.45) is 0 Å². The van der Waals surface area contributed by atoms with Crippen LogP contribution in [0.4, 0.5) is 0 Å². The van der Waals surface area contributed by atoms with Crippen molar-refractivity contribution in [2.45, 2.75) is 33.1 Å². The number of benzene rings is 5. The zero-order valence-electron chi connectivity index (χ0n) is 25.6. The standard InChI is InChI=1S/C42H34N2/c1-27-13-12-17-32(39(27)34-26-37-35(25-28(34)2)33-16-8-9-18-36(33)42(37,3)4)29-20-22-30(23-21-29)40-41(31-14-6-5-7-15-31)44-24-11-10-19-38(44)43-40/h5-26H,1-4H3. The number of aryl methyl sites for hydroxylation is 2. The number of fused-ring (bicyclic) bond motifs is 4. The minimum atomic E-state index is -0.0383. The lowest BCUT2D eigenvalue weighted by Crippen LogP contribution is -2.15. The van der Waals surface area contributed by atoms with Gasteiger partial charge in [0.2, 0.25) is 0 Å². The van der Waals surface area contributed by atoms with E-state index in [0.29, 0.717) is 0 Å². The summed E-state index contributed by atoms with van der Waals surface area (Å²) >= 11 is 0. The van der Waals surface area contributed by atoms with Gasteiger partial charge in [-0.1, -0.05) is 123 Å². The monoisotopic (exact) mass is 566 g/mol. The smallest absolute Gasteiger partial charge is 0.137 e. The van der Waals surface area contributed by atoms with E-state index in [-0.39, 0.29) is 5.41 Å². The van der Waals surface area contributed by atoms with Crippen molar-refractivity contribution < 1.29 is 0 Å². The number of hydrogen-bond donors (Lipinski definition) is 0. The molecule has 212 valence electrons. The maximum Gasteiger partial charge on any atom is 0.137 e. The van der Waals surface area contributed by atoms with E-state index in [0.717, 1.165) is 28.2 Å². The molecule has 0 amide bonds. The van der Waals surface area contributed by atoms with Gasteiger partial charge in [-0.15, -0.1) is 0 Å². The van der Waals surface area contributed by atoms with Crippen LogP contribution in [0.2, 0.25) is 0 Å². The summed E-state index contributed by atoms with van der Waals surface area (Å²) in [5, 5.41) is 0. The van der Waals surface area contributed by atoms with Crippen molar-refractivity contribution in [3.8, 4) is 55.9 Å². The summed E-state index contributed by atoms with van der Waals surface area (Å²) in [4.78, 5) is 5.08. The van der Waals surface area contributed by atoms with Crippen molar-refractivity contribution in [3.63, 3.8) is 0 Å². The van der Waals surface area contributed by atoms with Crippen LogP contribution in [-0.2, 0) is 5.41 Å². The molecule has 0 fully saturated rings. The molecule has 0 bridgehead atoms. The Hall–Kier alpha value is -5.21. The molecule has 0 N–H and O–H groups in total. The van der Waals surface area contributed by atoms with E-state index in [9.17, 15) is 0 Å². The summed E-state index contributed by atoms with van der Waals surface area (Å²) in [5.74, 6) is 0. The second-order valence-corrected chi connectivity index (χ2v) is 12.6. The number of hydrogen-bond acceptors (Lipinski definition) is 1. The number of rotatable bonds is 4. The first-order valence-electron chi connectivity index (χ1n) is 15.4. The largest absolute Gasteiger partial charge is 0.299 e. The van der Waals surface area contributed by atoms with Gasteiger partial charge in [0, 0.05) is 22.7 Å². The minimum absolute atomic E-state index is 0.0383. The Balaban J connectivity index is 1.25. The summed E-state index contributed by atoms with van der Waals surface area (Å²) in [5.41, 5.74) is 18.5. The summed E-state index contributed by atoms with van der Waals surface area (Å²) in [6.07, 6.45) is 2.10. The zero-order valence-corrected chi connectivity index (χ0v) is 25.6. The molecule has 0 aliphatic heterocycles. The second kappa shape index (κ2) is 9.92.